The van der Waals surface area contributed by atoms with Gasteiger partial charge >= 0.3 is 5.97 Å². The number of anilines is 1. The van der Waals surface area contributed by atoms with Crippen LogP contribution in [-0.4, -0.2) is 23.2 Å². The maximum Gasteiger partial charge on any atom is 0.314 e. The Morgan fingerprint density at radius 2 is 2.17 bits per heavy atom. The predicted molar refractivity (Wildman–Crippen MR) is 69.8 cm³/mol. The first-order valence-electron chi connectivity index (χ1n) is 6.16. The number of hydrogen-bond donors (Lipinski definition) is 2. The van der Waals surface area contributed by atoms with E-state index in [9.17, 15) is 9.90 Å². The number of hydrogen-bond acceptors (Lipinski definition) is 4. The molecule has 0 fully saturated rings. The summed E-state index contributed by atoms with van der Waals surface area (Å²) in [6, 6.07) is 5.04. The number of esters is 1. The molecule has 1 aliphatic rings. The molecule has 2 N–H and O–H groups in total. The van der Waals surface area contributed by atoms with Gasteiger partial charge in [-0.15, -0.1) is 0 Å². The lowest BCUT2D eigenvalue weighted by molar-refractivity contribution is -0.156. The minimum Gasteiger partial charge on any atom is -0.508 e. The zero-order valence-electron chi connectivity index (χ0n) is 11.0. The summed E-state index contributed by atoms with van der Waals surface area (Å²) in [5, 5.41) is 12.8. The van der Waals surface area contributed by atoms with Gasteiger partial charge in [-0.3, -0.25) is 4.79 Å². The number of phenolic OH excluding ortho intramolecular Hbond substituents is 1. The Hall–Kier alpha value is -1.71. The smallest absolute Gasteiger partial charge is 0.314 e. The van der Waals surface area contributed by atoms with E-state index in [2.05, 4.69) is 5.32 Å². The van der Waals surface area contributed by atoms with Crippen molar-refractivity contribution in [1.82, 2.24) is 0 Å². The van der Waals surface area contributed by atoms with Gasteiger partial charge in [0.15, 0.2) is 0 Å². The van der Waals surface area contributed by atoms with Crippen molar-refractivity contribution in [2.75, 3.05) is 11.9 Å². The Kier molecular flexibility index (Phi) is 3.20. The molecule has 18 heavy (non-hydrogen) atoms. The topological polar surface area (TPSA) is 58.6 Å². The number of fused-ring (bicyclic) bond motifs is 1. The number of ether oxygens (including phenoxy) is 1. The molecule has 1 heterocycles. The molecule has 0 spiro atoms. The molecule has 2 rings (SSSR count). The van der Waals surface area contributed by atoms with Crippen molar-refractivity contribution in [2.45, 2.75) is 38.7 Å². The monoisotopic (exact) mass is 249 g/mol. The highest BCUT2D eigenvalue weighted by atomic mass is 16.6. The lowest BCUT2D eigenvalue weighted by Crippen LogP contribution is -2.30. The van der Waals surface area contributed by atoms with Crippen LogP contribution in [0.2, 0.25) is 0 Å². The summed E-state index contributed by atoms with van der Waals surface area (Å²) in [4.78, 5) is 12.2. The molecular formula is C14H19NO3. The predicted octanol–water partition coefficient (Wildman–Crippen LogP) is 2.63. The van der Waals surface area contributed by atoms with Crippen molar-refractivity contribution in [3.05, 3.63) is 23.8 Å². The summed E-state index contributed by atoms with van der Waals surface area (Å²) in [5.41, 5.74) is 1.23. The Labute approximate surface area is 107 Å². The zero-order valence-corrected chi connectivity index (χ0v) is 11.0. The molecule has 1 aromatic rings. The number of rotatable bonds is 1. The van der Waals surface area contributed by atoms with E-state index in [1.54, 1.807) is 18.2 Å². The van der Waals surface area contributed by atoms with Crippen molar-refractivity contribution in [2.24, 2.45) is 0 Å². The van der Waals surface area contributed by atoms with Gasteiger partial charge in [-0.2, -0.15) is 0 Å². The molecule has 0 bridgehead atoms. The average molecular weight is 249 g/mol. The second kappa shape index (κ2) is 4.52. The van der Waals surface area contributed by atoms with Crippen LogP contribution >= 0.6 is 0 Å². The van der Waals surface area contributed by atoms with Crippen LogP contribution in [0, 0.1) is 0 Å². The SMILES string of the molecule is CC(C)(C)OC(=O)C1CCNc2ccc(O)cc21. The highest BCUT2D eigenvalue weighted by Crippen LogP contribution is 2.35. The van der Waals surface area contributed by atoms with E-state index in [1.165, 1.54) is 0 Å². The van der Waals surface area contributed by atoms with Gasteiger partial charge in [0, 0.05) is 12.2 Å². The standard InChI is InChI=1S/C14H19NO3/c1-14(2,3)18-13(17)10-6-7-15-12-5-4-9(16)8-11(10)12/h4-5,8,10,15-16H,6-7H2,1-3H3. The van der Waals surface area contributed by atoms with Crippen LogP contribution in [-0.2, 0) is 9.53 Å². The van der Waals surface area contributed by atoms with Crippen molar-refractivity contribution >= 4 is 11.7 Å². The summed E-state index contributed by atoms with van der Waals surface area (Å²) in [5.74, 6) is -0.352. The van der Waals surface area contributed by atoms with Crippen LogP contribution in [0.15, 0.2) is 18.2 Å². The van der Waals surface area contributed by atoms with E-state index in [1.807, 2.05) is 20.8 Å². The molecule has 0 saturated heterocycles. The summed E-state index contributed by atoms with van der Waals surface area (Å²) < 4.78 is 5.43. The van der Waals surface area contributed by atoms with Crippen LogP contribution in [0.5, 0.6) is 5.75 Å². The highest BCUT2D eigenvalue weighted by Gasteiger charge is 2.30. The lowest BCUT2D eigenvalue weighted by Gasteiger charge is -2.28. The van der Waals surface area contributed by atoms with Crippen LogP contribution in [0.1, 0.15) is 38.7 Å². The first kappa shape index (κ1) is 12.7. The number of carbonyl (C=O) groups excluding carboxylic acids is 1. The van der Waals surface area contributed by atoms with Crippen LogP contribution in [0.4, 0.5) is 5.69 Å². The lowest BCUT2D eigenvalue weighted by atomic mass is 9.90. The second-order valence-corrected chi connectivity index (χ2v) is 5.57. The van der Waals surface area contributed by atoms with E-state index in [4.69, 9.17) is 4.74 Å². The molecule has 1 atom stereocenters. The third-order valence-corrected chi connectivity index (χ3v) is 2.85. The summed E-state index contributed by atoms with van der Waals surface area (Å²) in [6.45, 7) is 6.31. The van der Waals surface area contributed by atoms with Crippen molar-refractivity contribution in [1.29, 1.82) is 0 Å². The molecular weight excluding hydrogens is 230 g/mol. The fourth-order valence-corrected chi connectivity index (χ4v) is 2.12. The van der Waals surface area contributed by atoms with Crippen molar-refractivity contribution in [3.8, 4) is 5.75 Å². The quantitative estimate of drug-likeness (QED) is 0.593. The molecule has 1 aromatic carbocycles. The van der Waals surface area contributed by atoms with Gasteiger partial charge in [-0.25, -0.2) is 0 Å². The van der Waals surface area contributed by atoms with Gasteiger partial charge < -0.3 is 15.2 Å². The third-order valence-electron chi connectivity index (χ3n) is 2.85. The zero-order chi connectivity index (χ0) is 13.3. The molecule has 1 aliphatic heterocycles. The fraction of sp³-hybridized carbons (Fsp3) is 0.500. The fourth-order valence-electron chi connectivity index (χ4n) is 2.12. The summed E-state index contributed by atoms with van der Waals surface area (Å²) >= 11 is 0. The largest absolute Gasteiger partial charge is 0.508 e. The van der Waals surface area contributed by atoms with Crippen LogP contribution < -0.4 is 5.32 Å². The Morgan fingerprint density at radius 3 is 2.83 bits per heavy atom. The van der Waals surface area contributed by atoms with E-state index in [0.29, 0.717) is 6.42 Å². The minimum atomic E-state index is -0.487. The van der Waals surface area contributed by atoms with E-state index in [0.717, 1.165) is 17.8 Å². The number of benzene rings is 1. The highest BCUT2D eigenvalue weighted by molar-refractivity contribution is 5.82. The Bertz CT molecular complexity index is 463. The van der Waals surface area contributed by atoms with E-state index in [-0.39, 0.29) is 17.6 Å². The molecule has 1 unspecified atom stereocenters. The van der Waals surface area contributed by atoms with E-state index >= 15 is 0 Å². The van der Waals surface area contributed by atoms with Gasteiger partial charge in [0.05, 0.1) is 5.92 Å². The maximum atomic E-state index is 12.2. The normalized spacial score (nSPS) is 18.7. The Morgan fingerprint density at radius 1 is 1.44 bits per heavy atom. The van der Waals surface area contributed by atoms with Crippen molar-refractivity contribution < 1.29 is 14.6 Å². The summed E-state index contributed by atoms with van der Waals surface area (Å²) in [6.07, 6.45) is 0.686. The third kappa shape index (κ3) is 2.75. The average Bonchev–Trinajstić information content (AvgIpc) is 2.25. The number of phenols is 1. The van der Waals surface area contributed by atoms with Gasteiger partial charge in [-0.1, -0.05) is 0 Å². The number of aromatic hydroxyl groups is 1. The molecule has 0 aromatic heterocycles. The molecule has 0 saturated carbocycles. The van der Waals surface area contributed by atoms with Gasteiger partial charge in [0.2, 0.25) is 0 Å². The van der Waals surface area contributed by atoms with Crippen LogP contribution in [0.25, 0.3) is 0 Å². The number of nitrogens with one attached hydrogen (secondary N) is 1. The summed E-state index contributed by atoms with van der Waals surface area (Å²) in [7, 11) is 0. The van der Waals surface area contributed by atoms with Crippen molar-refractivity contribution in [3.63, 3.8) is 0 Å². The molecule has 98 valence electrons. The Balaban J connectivity index is 2.27. The second-order valence-electron chi connectivity index (χ2n) is 5.57. The first-order chi connectivity index (χ1) is 8.37. The van der Waals surface area contributed by atoms with Gasteiger partial charge in [-0.05, 0) is 51.0 Å². The molecule has 4 heteroatoms. The molecule has 0 aliphatic carbocycles. The number of carbonyl (C=O) groups is 1. The molecule has 0 amide bonds. The van der Waals surface area contributed by atoms with Gasteiger partial charge in [0.25, 0.3) is 0 Å². The first-order valence-corrected chi connectivity index (χ1v) is 6.16. The van der Waals surface area contributed by atoms with Crippen LogP contribution in [0.3, 0.4) is 0 Å². The van der Waals surface area contributed by atoms with E-state index < -0.39 is 5.60 Å². The molecule has 4 nitrogen and oxygen atoms in total. The molecule has 0 radical (unpaired) electrons. The minimum absolute atomic E-state index is 0.172. The van der Waals surface area contributed by atoms with Gasteiger partial charge in [0.1, 0.15) is 11.4 Å². The maximum absolute atomic E-state index is 12.2.